The van der Waals surface area contributed by atoms with Gasteiger partial charge in [-0.25, -0.2) is 4.79 Å². The van der Waals surface area contributed by atoms with Gasteiger partial charge in [-0.15, -0.1) is 0 Å². The zero-order valence-electron chi connectivity index (χ0n) is 8.72. The minimum atomic E-state index is -0.686. The number of methoxy groups -OCH3 is 1. The van der Waals surface area contributed by atoms with Crippen LogP contribution in [0.25, 0.3) is 0 Å². The largest absolute Gasteiger partial charge is 0.465 e. The van der Waals surface area contributed by atoms with Gasteiger partial charge in [0.25, 0.3) is 5.69 Å². The maximum absolute atomic E-state index is 11.3. The Morgan fingerprint density at radius 1 is 1.50 bits per heavy atom. The van der Waals surface area contributed by atoms with Crippen LogP contribution in [0.3, 0.4) is 0 Å². The van der Waals surface area contributed by atoms with E-state index in [4.69, 9.17) is 0 Å². The number of aryl methyl sites for hydroxylation is 1. The average Bonchev–Trinajstić information content (AvgIpc) is 2.26. The van der Waals surface area contributed by atoms with Gasteiger partial charge in [0, 0.05) is 17.7 Å². The molecule has 84 valence electrons. The van der Waals surface area contributed by atoms with Crippen molar-refractivity contribution < 1.29 is 19.2 Å². The Morgan fingerprint density at radius 2 is 2.12 bits per heavy atom. The average molecular weight is 223 g/mol. The SMILES string of the molecule is COC(=O)c1c(C)cc([N+](=O)[O-])cc1C=O. The summed E-state index contributed by atoms with van der Waals surface area (Å²) in [6.07, 6.45) is 0.395. The summed E-state index contributed by atoms with van der Waals surface area (Å²) in [5.74, 6) is -0.686. The minimum absolute atomic E-state index is 0.0430. The first-order valence-electron chi connectivity index (χ1n) is 4.33. The van der Waals surface area contributed by atoms with Crippen LogP contribution in [0.15, 0.2) is 12.1 Å². The molecule has 1 aromatic carbocycles. The number of ether oxygens (including phenoxy) is 1. The van der Waals surface area contributed by atoms with Gasteiger partial charge in [0.15, 0.2) is 6.29 Å². The van der Waals surface area contributed by atoms with Crippen LogP contribution in [0, 0.1) is 17.0 Å². The van der Waals surface area contributed by atoms with Crippen molar-refractivity contribution in [2.24, 2.45) is 0 Å². The maximum atomic E-state index is 11.3. The molecule has 0 aliphatic carbocycles. The van der Waals surface area contributed by atoms with Gasteiger partial charge < -0.3 is 4.74 Å². The van der Waals surface area contributed by atoms with E-state index in [1.54, 1.807) is 0 Å². The van der Waals surface area contributed by atoms with Crippen LogP contribution in [-0.4, -0.2) is 24.3 Å². The number of aldehydes is 1. The second-order valence-electron chi connectivity index (χ2n) is 3.09. The van der Waals surface area contributed by atoms with E-state index in [1.807, 2.05) is 0 Å². The van der Waals surface area contributed by atoms with E-state index in [9.17, 15) is 19.7 Å². The highest BCUT2D eigenvalue weighted by Crippen LogP contribution is 2.21. The lowest BCUT2D eigenvalue weighted by Gasteiger charge is -2.06. The molecule has 0 saturated carbocycles. The monoisotopic (exact) mass is 223 g/mol. The number of nitro benzene ring substituents is 1. The number of hydrogen-bond acceptors (Lipinski definition) is 5. The molecular formula is C10H9NO5. The van der Waals surface area contributed by atoms with E-state index in [-0.39, 0.29) is 16.8 Å². The van der Waals surface area contributed by atoms with E-state index in [0.717, 1.165) is 6.07 Å². The lowest BCUT2D eigenvalue weighted by molar-refractivity contribution is -0.384. The fraction of sp³-hybridized carbons (Fsp3) is 0.200. The van der Waals surface area contributed by atoms with Crippen molar-refractivity contribution in [1.82, 2.24) is 0 Å². The summed E-state index contributed by atoms with van der Waals surface area (Å²) in [7, 11) is 1.18. The van der Waals surface area contributed by atoms with Crippen LogP contribution in [0.2, 0.25) is 0 Å². The molecule has 0 aliphatic heterocycles. The van der Waals surface area contributed by atoms with Gasteiger partial charge >= 0.3 is 5.97 Å². The molecule has 1 aromatic rings. The fourth-order valence-electron chi connectivity index (χ4n) is 1.37. The quantitative estimate of drug-likeness (QED) is 0.335. The normalized spacial score (nSPS) is 9.62. The second-order valence-corrected chi connectivity index (χ2v) is 3.09. The Labute approximate surface area is 91.0 Å². The van der Waals surface area contributed by atoms with E-state index in [1.165, 1.54) is 20.1 Å². The zero-order valence-corrected chi connectivity index (χ0v) is 8.72. The number of nitrogens with zero attached hydrogens (tertiary/aromatic N) is 1. The Kier molecular flexibility index (Phi) is 3.34. The summed E-state index contributed by atoms with van der Waals surface area (Å²) < 4.78 is 4.49. The van der Waals surface area contributed by atoms with Gasteiger partial charge in [-0.05, 0) is 12.5 Å². The highest BCUT2D eigenvalue weighted by molar-refractivity contribution is 6.00. The van der Waals surface area contributed by atoms with Crippen LogP contribution in [0.1, 0.15) is 26.3 Å². The van der Waals surface area contributed by atoms with Crippen LogP contribution >= 0.6 is 0 Å². The third kappa shape index (κ3) is 2.05. The van der Waals surface area contributed by atoms with Gasteiger partial charge in [-0.1, -0.05) is 0 Å². The Bertz CT molecular complexity index is 467. The molecule has 0 heterocycles. The number of carbonyl (C=O) groups is 2. The number of esters is 1. The number of non-ortho nitro benzene ring substituents is 1. The molecule has 0 saturated heterocycles. The maximum Gasteiger partial charge on any atom is 0.338 e. The minimum Gasteiger partial charge on any atom is -0.465 e. The van der Waals surface area contributed by atoms with Crippen LogP contribution in [0.5, 0.6) is 0 Å². The standard InChI is InChI=1S/C10H9NO5/c1-6-3-8(11(14)15)4-7(5-12)9(6)10(13)16-2/h3-5H,1-2H3. The van der Waals surface area contributed by atoms with Gasteiger partial charge in [0.1, 0.15) is 0 Å². The molecule has 0 aromatic heterocycles. The highest BCUT2D eigenvalue weighted by atomic mass is 16.6. The van der Waals surface area contributed by atoms with E-state index in [0.29, 0.717) is 11.8 Å². The van der Waals surface area contributed by atoms with Crippen molar-refractivity contribution in [3.63, 3.8) is 0 Å². The molecule has 0 amide bonds. The topological polar surface area (TPSA) is 86.5 Å². The Hall–Kier alpha value is -2.24. The molecule has 0 unspecified atom stereocenters. The molecule has 0 atom stereocenters. The van der Waals surface area contributed by atoms with Gasteiger partial charge in [0.05, 0.1) is 17.6 Å². The lowest BCUT2D eigenvalue weighted by Crippen LogP contribution is -2.08. The van der Waals surface area contributed by atoms with E-state index in [2.05, 4.69) is 4.74 Å². The molecule has 6 heteroatoms. The number of carbonyl (C=O) groups excluding carboxylic acids is 2. The van der Waals surface area contributed by atoms with Crippen molar-refractivity contribution in [1.29, 1.82) is 0 Å². The molecule has 0 radical (unpaired) electrons. The Morgan fingerprint density at radius 3 is 2.56 bits per heavy atom. The number of nitro groups is 1. The predicted octanol–water partition coefficient (Wildman–Crippen LogP) is 1.50. The summed E-state index contributed by atoms with van der Waals surface area (Å²) in [4.78, 5) is 32.0. The van der Waals surface area contributed by atoms with Crippen LogP contribution in [-0.2, 0) is 4.74 Å². The number of rotatable bonds is 3. The molecule has 0 spiro atoms. The third-order valence-corrected chi connectivity index (χ3v) is 2.08. The molecule has 0 fully saturated rings. The molecule has 6 nitrogen and oxygen atoms in total. The molecule has 0 aliphatic rings. The van der Waals surface area contributed by atoms with E-state index < -0.39 is 10.9 Å². The fourth-order valence-corrected chi connectivity index (χ4v) is 1.37. The molecule has 0 bridgehead atoms. The van der Waals surface area contributed by atoms with Crippen LogP contribution in [0.4, 0.5) is 5.69 Å². The molecular weight excluding hydrogens is 214 g/mol. The molecule has 16 heavy (non-hydrogen) atoms. The highest BCUT2D eigenvalue weighted by Gasteiger charge is 2.19. The summed E-state index contributed by atoms with van der Waals surface area (Å²) in [6.45, 7) is 1.51. The predicted molar refractivity (Wildman–Crippen MR) is 54.6 cm³/mol. The van der Waals surface area contributed by atoms with Gasteiger partial charge in [-0.2, -0.15) is 0 Å². The van der Waals surface area contributed by atoms with Crippen molar-refractivity contribution in [2.75, 3.05) is 7.11 Å². The van der Waals surface area contributed by atoms with E-state index >= 15 is 0 Å². The van der Waals surface area contributed by atoms with Gasteiger partial charge in [-0.3, -0.25) is 14.9 Å². The second kappa shape index (κ2) is 4.52. The lowest BCUT2D eigenvalue weighted by atomic mass is 10.0. The summed E-state index contributed by atoms with van der Waals surface area (Å²) >= 11 is 0. The van der Waals surface area contributed by atoms with Crippen molar-refractivity contribution in [2.45, 2.75) is 6.92 Å². The zero-order chi connectivity index (χ0) is 12.3. The third-order valence-electron chi connectivity index (χ3n) is 2.08. The first kappa shape index (κ1) is 11.8. The van der Waals surface area contributed by atoms with Crippen LogP contribution < -0.4 is 0 Å². The first-order chi connectivity index (χ1) is 7.51. The van der Waals surface area contributed by atoms with Crippen molar-refractivity contribution in [3.8, 4) is 0 Å². The summed E-state index contributed by atoms with van der Waals surface area (Å²) in [5.41, 5.74) is 0.122. The summed E-state index contributed by atoms with van der Waals surface area (Å²) in [6, 6.07) is 2.27. The van der Waals surface area contributed by atoms with Crippen molar-refractivity contribution in [3.05, 3.63) is 38.9 Å². The molecule has 1 rings (SSSR count). The molecule has 0 N–H and O–H groups in total. The van der Waals surface area contributed by atoms with Crippen molar-refractivity contribution >= 4 is 17.9 Å². The Balaban J connectivity index is 3.45. The smallest absolute Gasteiger partial charge is 0.338 e. The first-order valence-corrected chi connectivity index (χ1v) is 4.33. The number of benzene rings is 1. The summed E-state index contributed by atoms with van der Waals surface area (Å²) in [5, 5.41) is 10.5. The van der Waals surface area contributed by atoms with Gasteiger partial charge in [0.2, 0.25) is 0 Å². The number of hydrogen-bond donors (Lipinski definition) is 0.